The summed E-state index contributed by atoms with van der Waals surface area (Å²) in [6, 6.07) is 0. The predicted molar refractivity (Wildman–Crippen MR) is 103 cm³/mol. The van der Waals surface area contributed by atoms with Crippen molar-refractivity contribution in [1.82, 2.24) is 24.6 Å². The molecular formula is C19H28N6O3. The van der Waals surface area contributed by atoms with Gasteiger partial charge in [0.25, 0.3) is 0 Å². The van der Waals surface area contributed by atoms with Crippen LogP contribution in [0.3, 0.4) is 0 Å². The van der Waals surface area contributed by atoms with E-state index in [-0.39, 0.29) is 24.5 Å². The average molecular weight is 388 g/mol. The lowest BCUT2D eigenvalue weighted by Crippen LogP contribution is -2.33. The summed E-state index contributed by atoms with van der Waals surface area (Å²) in [5, 5.41) is 4.70. The summed E-state index contributed by atoms with van der Waals surface area (Å²) in [5.74, 6) is 0.180. The number of carbonyl (C=O) groups is 1. The van der Waals surface area contributed by atoms with Gasteiger partial charge in [-0.3, -0.25) is 4.79 Å². The van der Waals surface area contributed by atoms with Gasteiger partial charge in [-0.05, 0) is 25.7 Å². The van der Waals surface area contributed by atoms with Gasteiger partial charge in [0.05, 0.1) is 24.9 Å². The van der Waals surface area contributed by atoms with E-state index in [0.29, 0.717) is 32.8 Å². The van der Waals surface area contributed by atoms with Crippen LogP contribution in [0.4, 0.5) is 0 Å². The molecule has 2 unspecified atom stereocenters. The van der Waals surface area contributed by atoms with Crippen molar-refractivity contribution in [2.45, 2.75) is 44.2 Å². The molecular weight excluding hydrogens is 360 g/mol. The van der Waals surface area contributed by atoms with Gasteiger partial charge in [0.15, 0.2) is 5.65 Å². The number of likely N-dealkylation sites (tertiary alicyclic amines) is 1. The number of rotatable bonds is 7. The highest BCUT2D eigenvalue weighted by Gasteiger charge is 2.31. The van der Waals surface area contributed by atoms with Crippen LogP contribution in [-0.2, 0) is 20.8 Å². The zero-order valence-corrected chi connectivity index (χ0v) is 16.1. The smallest absolute Gasteiger partial charge is 0.248 e. The molecule has 1 amide bonds. The molecule has 2 aromatic heterocycles. The van der Waals surface area contributed by atoms with Crippen LogP contribution in [0.1, 0.15) is 37.3 Å². The predicted octanol–water partition coefficient (Wildman–Crippen LogP) is 0.687. The van der Waals surface area contributed by atoms with Gasteiger partial charge in [-0.25, -0.2) is 14.6 Å². The molecule has 2 atom stereocenters. The Kier molecular flexibility index (Phi) is 6.13. The fourth-order valence-electron chi connectivity index (χ4n) is 4.00. The second-order valence-corrected chi connectivity index (χ2v) is 7.45. The third-order valence-electron chi connectivity index (χ3n) is 5.47. The quantitative estimate of drug-likeness (QED) is 0.743. The summed E-state index contributed by atoms with van der Waals surface area (Å²) in [6.07, 6.45) is 7.64. The van der Waals surface area contributed by atoms with E-state index in [2.05, 4.69) is 9.97 Å². The molecule has 0 spiro atoms. The highest BCUT2D eigenvalue weighted by atomic mass is 16.5. The molecule has 152 valence electrons. The standard InChI is InChI=1S/C19H28N6O3/c20-5-9-25-19-18(21-6-7-22-19)17(23-25)14-4-8-24(11-14)16(26)13-27-12-15-3-1-2-10-28-15/h6-7,14-15H,1-5,8-13,20H2. The number of nitrogens with two attached hydrogens (primary N) is 1. The van der Waals surface area contributed by atoms with E-state index in [1.54, 1.807) is 12.4 Å². The third-order valence-corrected chi connectivity index (χ3v) is 5.47. The molecule has 0 radical (unpaired) electrons. The number of hydrogen-bond acceptors (Lipinski definition) is 7. The molecule has 2 aromatic rings. The van der Waals surface area contributed by atoms with Crippen LogP contribution in [0.15, 0.2) is 12.4 Å². The average Bonchev–Trinajstić information content (AvgIpc) is 3.35. The fraction of sp³-hybridized carbons (Fsp3) is 0.684. The van der Waals surface area contributed by atoms with Gasteiger partial charge < -0.3 is 20.1 Å². The lowest BCUT2D eigenvalue weighted by Gasteiger charge is -2.23. The molecule has 28 heavy (non-hydrogen) atoms. The number of hydrogen-bond donors (Lipinski definition) is 1. The van der Waals surface area contributed by atoms with Crippen LogP contribution in [0.25, 0.3) is 11.2 Å². The SMILES string of the molecule is NCCn1nc(C2CCN(C(=O)COCC3CCCCO3)C2)c2nccnc21. The second-order valence-electron chi connectivity index (χ2n) is 7.45. The summed E-state index contributed by atoms with van der Waals surface area (Å²) in [5.41, 5.74) is 8.16. The summed E-state index contributed by atoms with van der Waals surface area (Å²) < 4.78 is 13.1. The van der Waals surface area contributed by atoms with E-state index in [4.69, 9.17) is 20.3 Å². The van der Waals surface area contributed by atoms with Crippen molar-refractivity contribution in [3.05, 3.63) is 18.1 Å². The van der Waals surface area contributed by atoms with Crippen LogP contribution in [0.2, 0.25) is 0 Å². The number of nitrogens with zero attached hydrogens (tertiary/aromatic N) is 5. The number of ether oxygens (including phenoxy) is 2. The third kappa shape index (κ3) is 4.16. The van der Waals surface area contributed by atoms with Gasteiger partial charge in [-0.2, -0.15) is 5.10 Å². The second kappa shape index (κ2) is 8.93. The first-order chi connectivity index (χ1) is 13.8. The Morgan fingerprint density at radius 3 is 3.00 bits per heavy atom. The maximum absolute atomic E-state index is 12.5. The zero-order valence-electron chi connectivity index (χ0n) is 16.1. The molecule has 2 aliphatic heterocycles. The first-order valence-electron chi connectivity index (χ1n) is 10.1. The molecule has 0 saturated carbocycles. The van der Waals surface area contributed by atoms with Gasteiger partial charge in [0.1, 0.15) is 12.1 Å². The van der Waals surface area contributed by atoms with Crippen molar-refractivity contribution in [2.24, 2.45) is 5.73 Å². The molecule has 0 aliphatic carbocycles. The zero-order chi connectivity index (χ0) is 19.3. The number of carbonyl (C=O) groups excluding carboxylic acids is 1. The lowest BCUT2D eigenvalue weighted by molar-refractivity contribution is -0.137. The van der Waals surface area contributed by atoms with Crippen LogP contribution < -0.4 is 5.73 Å². The van der Waals surface area contributed by atoms with Gasteiger partial charge in [0.2, 0.25) is 5.91 Å². The lowest BCUT2D eigenvalue weighted by atomic mass is 10.0. The van der Waals surface area contributed by atoms with Crippen molar-refractivity contribution < 1.29 is 14.3 Å². The highest BCUT2D eigenvalue weighted by molar-refractivity contribution is 5.78. The van der Waals surface area contributed by atoms with E-state index >= 15 is 0 Å². The Balaban J connectivity index is 1.35. The molecule has 9 nitrogen and oxygen atoms in total. The Labute approximate surface area is 164 Å². The Hall–Kier alpha value is -2.10. The summed E-state index contributed by atoms with van der Waals surface area (Å²) in [4.78, 5) is 23.3. The van der Waals surface area contributed by atoms with Crippen molar-refractivity contribution in [3.63, 3.8) is 0 Å². The van der Waals surface area contributed by atoms with E-state index in [9.17, 15) is 4.79 Å². The van der Waals surface area contributed by atoms with E-state index in [1.807, 2.05) is 9.58 Å². The summed E-state index contributed by atoms with van der Waals surface area (Å²) >= 11 is 0. The van der Waals surface area contributed by atoms with Crippen molar-refractivity contribution in [1.29, 1.82) is 0 Å². The minimum atomic E-state index is 0.0232. The molecule has 2 aliphatic rings. The Morgan fingerprint density at radius 1 is 1.29 bits per heavy atom. The molecule has 2 N–H and O–H groups in total. The maximum Gasteiger partial charge on any atom is 0.248 e. The number of amides is 1. The van der Waals surface area contributed by atoms with E-state index in [1.165, 1.54) is 6.42 Å². The van der Waals surface area contributed by atoms with Gasteiger partial charge >= 0.3 is 0 Å². The van der Waals surface area contributed by atoms with Crippen molar-refractivity contribution in [2.75, 3.05) is 39.5 Å². The van der Waals surface area contributed by atoms with Crippen LogP contribution >= 0.6 is 0 Å². The molecule has 2 saturated heterocycles. The van der Waals surface area contributed by atoms with Gasteiger partial charge in [-0.15, -0.1) is 0 Å². The molecule has 9 heteroatoms. The first kappa shape index (κ1) is 19.2. The van der Waals surface area contributed by atoms with Crippen LogP contribution in [-0.4, -0.2) is 76.1 Å². The Morgan fingerprint density at radius 2 is 2.18 bits per heavy atom. The normalized spacial score (nSPS) is 22.8. The minimum Gasteiger partial charge on any atom is -0.376 e. The largest absolute Gasteiger partial charge is 0.376 e. The Bertz CT molecular complexity index is 804. The minimum absolute atomic E-state index is 0.0232. The molecule has 4 rings (SSSR count). The van der Waals surface area contributed by atoms with Gasteiger partial charge in [0, 0.05) is 44.6 Å². The maximum atomic E-state index is 12.5. The van der Waals surface area contributed by atoms with E-state index in [0.717, 1.165) is 42.7 Å². The molecule has 4 heterocycles. The van der Waals surface area contributed by atoms with Crippen molar-refractivity contribution in [3.8, 4) is 0 Å². The summed E-state index contributed by atoms with van der Waals surface area (Å²) in [6.45, 7) is 3.82. The number of fused-ring (bicyclic) bond motifs is 1. The molecule has 0 aromatic carbocycles. The van der Waals surface area contributed by atoms with Gasteiger partial charge in [-0.1, -0.05) is 0 Å². The monoisotopic (exact) mass is 388 g/mol. The number of aromatic nitrogens is 4. The summed E-state index contributed by atoms with van der Waals surface area (Å²) in [7, 11) is 0. The molecule has 0 bridgehead atoms. The topological polar surface area (TPSA) is 108 Å². The van der Waals surface area contributed by atoms with Crippen molar-refractivity contribution >= 4 is 17.1 Å². The highest BCUT2D eigenvalue weighted by Crippen LogP contribution is 2.30. The molecule has 2 fully saturated rings. The first-order valence-corrected chi connectivity index (χ1v) is 10.1. The fourth-order valence-corrected chi connectivity index (χ4v) is 4.00. The van der Waals surface area contributed by atoms with Crippen LogP contribution in [0.5, 0.6) is 0 Å². The van der Waals surface area contributed by atoms with Crippen LogP contribution in [0, 0.1) is 0 Å². The van der Waals surface area contributed by atoms with E-state index < -0.39 is 0 Å².